The zero-order valence-electron chi connectivity index (χ0n) is 13.1. The van der Waals surface area contributed by atoms with Crippen molar-refractivity contribution >= 4 is 34.3 Å². The topological polar surface area (TPSA) is 33.2 Å². The lowest BCUT2D eigenvalue weighted by Crippen LogP contribution is -2.28. The molecule has 0 bridgehead atoms. The van der Waals surface area contributed by atoms with Gasteiger partial charge in [0.05, 0.1) is 15.6 Å². The number of carbonyl (C=O) groups is 1. The Kier molecular flexibility index (Phi) is 3.31. The van der Waals surface area contributed by atoms with Gasteiger partial charge in [0.1, 0.15) is 0 Å². The number of anilines is 1. The van der Waals surface area contributed by atoms with E-state index in [0.29, 0.717) is 5.92 Å². The van der Waals surface area contributed by atoms with Gasteiger partial charge in [-0.2, -0.15) is 0 Å². The fourth-order valence-corrected chi connectivity index (χ4v) is 4.92. The van der Waals surface area contributed by atoms with Crippen LogP contribution in [0.1, 0.15) is 39.0 Å². The minimum Gasteiger partial charge on any atom is -0.307 e. The van der Waals surface area contributed by atoms with E-state index in [0.717, 1.165) is 29.2 Å². The Morgan fingerprint density at radius 3 is 2.92 bits per heavy atom. The van der Waals surface area contributed by atoms with Crippen LogP contribution in [0.25, 0.3) is 11.3 Å². The van der Waals surface area contributed by atoms with Gasteiger partial charge in [0.15, 0.2) is 0 Å². The van der Waals surface area contributed by atoms with E-state index in [4.69, 9.17) is 4.98 Å². The van der Waals surface area contributed by atoms with Crippen molar-refractivity contribution in [2.45, 2.75) is 25.2 Å². The average Bonchev–Trinajstić information content (AvgIpc) is 3.07. The van der Waals surface area contributed by atoms with Crippen molar-refractivity contribution < 1.29 is 4.79 Å². The summed E-state index contributed by atoms with van der Waals surface area (Å²) in [6, 6.07) is 10.2. The number of carbonyl (C=O) groups excluding carboxylic acids is 1. The molecule has 0 radical (unpaired) electrons. The predicted octanol–water partition coefficient (Wildman–Crippen LogP) is 4.95. The number of aromatic nitrogens is 1. The minimum absolute atomic E-state index is 0.112. The number of hydrogen-bond acceptors (Lipinski definition) is 4. The molecule has 1 aliphatic heterocycles. The van der Waals surface area contributed by atoms with E-state index in [-0.39, 0.29) is 5.91 Å². The maximum absolute atomic E-state index is 12.6. The molecule has 1 saturated carbocycles. The van der Waals surface area contributed by atoms with Gasteiger partial charge in [-0.05, 0) is 48.4 Å². The molecule has 1 amide bonds. The highest BCUT2D eigenvalue weighted by molar-refractivity contribution is 7.12. The van der Waals surface area contributed by atoms with Gasteiger partial charge >= 0.3 is 0 Å². The molecule has 2 aliphatic rings. The molecule has 0 atom stereocenters. The van der Waals surface area contributed by atoms with Gasteiger partial charge in [0.2, 0.25) is 0 Å². The number of benzene rings is 1. The maximum Gasteiger partial charge on any atom is 0.268 e. The van der Waals surface area contributed by atoms with Crippen LogP contribution in [0.4, 0.5) is 5.69 Å². The molecule has 1 aromatic carbocycles. The number of thiazole rings is 1. The molecular weight excluding hydrogens is 336 g/mol. The molecule has 0 saturated heterocycles. The van der Waals surface area contributed by atoms with Gasteiger partial charge in [0, 0.05) is 29.1 Å². The summed E-state index contributed by atoms with van der Waals surface area (Å²) in [5.41, 5.74) is 4.54. The summed E-state index contributed by atoms with van der Waals surface area (Å²) in [7, 11) is 0. The fourth-order valence-electron chi connectivity index (χ4n) is 3.24. The second-order valence-corrected chi connectivity index (χ2v) is 8.21. The minimum atomic E-state index is 0.112. The summed E-state index contributed by atoms with van der Waals surface area (Å²) in [6.07, 6.45) is 3.49. The maximum atomic E-state index is 12.6. The average molecular weight is 352 g/mol. The lowest BCUT2D eigenvalue weighted by Gasteiger charge is -2.16. The van der Waals surface area contributed by atoms with E-state index >= 15 is 0 Å². The fraction of sp³-hybridized carbons (Fsp3) is 0.263. The van der Waals surface area contributed by atoms with Gasteiger partial charge < -0.3 is 4.90 Å². The van der Waals surface area contributed by atoms with Crippen molar-refractivity contribution in [1.29, 1.82) is 0 Å². The highest BCUT2D eigenvalue weighted by Gasteiger charge is 2.28. The third-order valence-electron chi connectivity index (χ3n) is 4.70. The number of thiophene rings is 1. The van der Waals surface area contributed by atoms with Crippen LogP contribution in [0, 0.1) is 0 Å². The van der Waals surface area contributed by atoms with E-state index in [1.807, 2.05) is 22.4 Å². The smallest absolute Gasteiger partial charge is 0.268 e. The molecule has 0 spiro atoms. The van der Waals surface area contributed by atoms with Gasteiger partial charge in [-0.15, -0.1) is 22.7 Å². The molecule has 5 heteroatoms. The Bertz CT molecular complexity index is 909. The molecule has 5 rings (SSSR count). The number of hydrogen-bond donors (Lipinski definition) is 0. The Morgan fingerprint density at radius 1 is 1.21 bits per heavy atom. The number of amides is 1. The van der Waals surface area contributed by atoms with Crippen LogP contribution in [0.3, 0.4) is 0 Å². The van der Waals surface area contributed by atoms with Crippen LogP contribution in [0.5, 0.6) is 0 Å². The third kappa shape index (κ3) is 2.39. The molecule has 0 unspecified atom stereocenters. The first kappa shape index (κ1) is 14.4. The molecule has 1 fully saturated rings. The van der Waals surface area contributed by atoms with Crippen molar-refractivity contribution in [1.82, 2.24) is 4.98 Å². The van der Waals surface area contributed by atoms with Crippen molar-refractivity contribution in [3.63, 3.8) is 0 Å². The largest absolute Gasteiger partial charge is 0.307 e. The van der Waals surface area contributed by atoms with E-state index in [1.54, 1.807) is 11.3 Å². The Morgan fingerprint density at radius 2 is 2.12 bits per heavy atom. The van der Waals surface area contributed by atoms with Crippen molar-refractivity contribution in [2.24, 2.45) is 0 Å². The molecule has 120 valence electrons. The predicted molar refractivity (Wildman–Crippen MR) is 99.2 cm³/mol. The molecule has 3 aromatic rings. The Hall–Kier alpha value is -1.98. The number of fused-ring (bicyclic) bond motifs is 1. The summed E-state index contributed by atoms with van der Waals surface area (Å²) in [6.45, 7) is 0.764. The molecule has 3 heterocycles. The summed E-state index contributed by atoms with van der Waals surface area (Å²) in [5, 5.41) is 5.39. The summed E-state index contributed by atoms with van der Waals surface area (Å²) in [5.74, 6) is 0.818. The molecular formula is C19H16N2OS2. The van der Waals surface area contributed by atoms with Gasteiger partial charge in [-0.3, -0.25) is 4.79 Å². The van der Waals surface area contributed by atoms with Crippen LogP contribution in [-0.4, -0.2) is 17.4 Å². The van der Waals surface area contributed by atoms with Crippen LogP contribution in [0.15, 0.2) is 41.1 Å². The van der Waals surface area contributed by atoms with Gasteiger partial charge in [-0.1, -0.05) is 12.1 Å². The molecule has 3 nitrogen and oxygen atoms in total. The van der Waals surface area contributed by atoms with Crippen molar-refractivity contribution in [3.8, 4) is 11.3 Å². The summed E-state index contributed by atoms with van der Waals surface area (Å²) in [4.78, 5) is 20.1. The lowest BCUT2D eigenvalue weighted by atomic mass is 10.1. The quantitative estimate of drug-likeness (QED) is 0.668. The first-order valence-electron chi connectivity index (χ1n) is 8.24. The normalized spacial score (nSPS) is 16.4. The number of nitrogens with zero attached hydrogens (tertiary/aromatic N) is 2. The Labute approximate surface area is 148 Å². The standard InChI is InChI=1S/C19H16N2OS2/c22-19(17-2-1-9-23-17)21-8-7-14-10-13(5-6-16(14)21)15-11-24-18(20-15)12-3-4-12/h1-2,5-6,9-12H,3-4,7-8H2. The van der Waals surface area contributed by atoms with Crippen molar-refractivity contribution in [2.75, 3.05) is 11.4 Å². The SMILES string of the molecule is O=C(c1cccs1)N1CCc2cc(-c3csc(C4CC4)n3)ccc21. The number of rotatable bonds is 3. The van der Waals surface area contributed by atoms with Gasteiger partial charge in [0.25, 0.3) is 5.91 Å². The molecule has 0 N–H and O–H groups in total. The van der Waals surface area contributed by atoms with E-state index < -0.39 is 0 Å². The third-order valence-corrected chi connectivity index (χ3v) is 6.56. The second-order valence-electron chi connectivity index (χ2n) is 6.37. The zero-order chi connectivity index (χ0) is 16.1. The summed E-state index contributed by atoms with van der Waals surface area (Å²) < 4.78 is 0. The first-order valence-corrected chi connectivity index (χ1v) is 9.99. The highest BCUT2D eigenvalue weighted by Crippen LogP contribution is 2.43. The molecule has 24 heavy (non-hydrogen) atoms. The highest BCUT2D eigenvalue weighted by atomic mass is 32.1. The van der Waals surface area contributed by atoms with Crippen LogP contribution in [-0.2, 0) is 6.42 Å². The van der Waals surface area contributed by atoms with Crippen LogP contribution < -0.4 is 4.90 Å². The second kappa shape index (κ2) is 5.53. The lowest BCUT2D eigenvalue weighted by molar-refractivity contribution is 0.0993. The van der Waals surface area contributed by atoms with Crippen molar-refractivity contribution in [3.05, 3.63) is 56.5 Å². The molecule has 2 aromatic heterocycles. The Balaban J connectivity index is 1.45. The van der Waals surface area contributed by atoms with Crippen LogP contribution in [0.2, 0.25) is 0 Å². The molecule has 1 aliphatic carbocycles. The first-order chi connectivity index (χ1) is 11.8. The monoisotopic (exact) mass is 352 g/mol. The zero-order valence-corrected chi connectivity index (χ0v) is 14.7. The van der Waals surface area contributed by atoms with Gasteiger partial charge in [-0.25, -0.2) is 4.98 Å². The van der Waals surface area contributed by atoms with E-state index in [2.05, 4.69) is 23.6 Å². The van der Waals surface area contributed by atoms with Crippen LogP contribution >= 0.6 is 22.7 Å². The summed E-state index contributed by atoms with van der Waals surface area (Å²) >= 11 is 3.28. The van der Waals surface area contributed by atoms with E-state index in [1.165, 1.54) is 40.3 Å². The van der Waals surface area contributed by atoms with E-state index in [9.17, 15) is 4.79 Å².